The van der Waals surface area contributed by atoms with Gasteiger partial charge in [-0.15, -0.1) is 0 Å². The Morgan fingerprint density at radius 2 is 2.13 bits per heavy atom. The number of carbonyl (C=O) groups is 1. The lowest BCUT2D eigenvalue weighted by atomic mass is 9.74. The van der Waals surface area contributed by atoms with Gasteiger partial charge in [0.2, 0.25) is 0 Å². The maximum atomic E-state index is 12.1. The molecule has 5 nitrogen and oxygen atoms in total. The Hall–Kier alpha value is -1.36. The standard InChI is InChI=1S/C17H26ClN3O2/c1-6-13-14(18)19-11(2)20-15(13)21-9-7-8-12(10-21)17(3,4)16(22)23-5/h12H,6-10H2,1-5H3. The normalized spacial score (nSPS) is 18.9. The quantitative estimate of drug-likeness (QED) is 0.621. The molecule has 1 unspecified atom stereocenters. The van der Waals surface area contributed by atoms with Crippen LogP contribution >= 0.6 is 11.6 Å². The molecule has 6 heteroatoms. The van der Waals surface area contributed by atoms with E-state index in [0.717, 1.165) is 43.7 Å². The molecule has 0 saturated carbocycles. The number of esters is 1. The van der Waals surface area contributed by atoms with Crippen LogP contribution in [-0.2, 0) is 16.0 Å². The Morgan fingerprint density at radius 1 is 1.43 bits per heavy atom. The van der Waals surface area contributed by atoms with Gasteiger partial charge in [-0.25, -0.2) is 9.97 Å². The molecule has 1 aromatic heterocycles. The van der Waals surface area contributed by atoms with E-state index >= 15 is 0 Å². The second-order valence-corrected chi connectivity index (χ2v) is 7.07. The van der Waals surface area contributed by atoms with Crippen LogP contribution in [-0.4, -0.2) is 36.1 Å². The summed E-state index contributed by atoms with van der Waals surface area (Å²) < 4.78 is 4.99. The number of methoxy groups -OCH3 is 1. The number of rotatable bonds is 4. The first kappa shape index (κ1) is 18.0. The number of aryl methyl sites for hydroxylation is 1. The van der Waals surface area contributed by atoms with Crippen LogP contribution < -0.4 is 4.90 Å². The minimum Gasteiger partial charge on any atom is -0.469 e. The summed E-state index contributed by atoms with van der Waals surface area (Å²) >= 11 is 6.30. The van der Waals surface area contributed by atoms with Gasteiger partial charge in [0.25, 0.3) is 0 Å². The second-order valence-electron chi connectivity index (χ2n) is 6.72. The lowest BCUT2D eigenvalue weighted by Crippen LogP contribution is -2.45. The van der Waals surface area contributed by atoms with E-state index in [2.05, 4.69) is 21.8 Å². The van der Waals surface area contributed by atoms with E-state index in [0.29, 0.717) is 11.0 Å². The molecular weight excluding hydrogens is 314 g/mol. The lowest BCUT2D eigenvalue weighted by Gasteiger charge is -2.40. The number of hydrogen-bond donors (Lipinski definition) is 0. The summed E-state index contributed by atoms with van der Waals surface area (Å²) in [7, 11) is 1.45. The van der Waals surface area contributed by atoms with Gasteiger partial charge in [-0.2, -0.15) is 0 Å². The molecule has 1 aliphatic heterocycles. The van der Waals surface area contributed by atoms with Gasteiger partial charge in [0.1, 0.15) is 16.8 Å². The SMILES string of the molecule is CCc1c(Cl)nc(C)nc1N1CCCC(C(C)(C)C(=O)OC)C1. The highest BCUT2D eigenvalue weighted by molar-refractivity contribution is 6.30. The summed E-state index contributed by atoms with van der Waals surface area (Å²) in [5, 5.41) is 0.532. The molecule has 0 aliphatic carbocycles. The Morgan fingerprint density at radius 3 is 2.74 bits per heavy atom. The van der Waals surface area contributed by atoms with Crippen LogP contribution in [0, 0.1) is 18.3 Å². The first-order valence-electron chi connectivity index (χ1n) is 8.17. The number of aromatic nitrogens is 2. The maximum Gasteiger partial charge on any atom is 0.311 e. The van der Waals surface area contributed by atoms with Crippen LogP contribution in [0.5, 0.6) is 0 Å². The number of halogens is 1. The van der Waals surface area contributed by atoms with Gasteiger partial charge in [-0.1, -0.05) is 18.5 Å². The largest absolute Gasteiger partial charge is 0.469 e. The highest BCUT2D eigenvalue weighted by Crippen LogP contribution is 2.37. The van der Waals surface area contributed by atoms with E-state index in [9.17, 15) is 4.79 Å². The number of hydrogen-bond acceptors (Lipinski definition) is 5. The van der Waals surface area contributed by atoms with Crippen LogP contribution in [0.15, 0.2) is 0 Å². The molecule has 1 aromatic rings. The zero-order valence-corrected chi connectivity index (χ0v) is 15.4. The Kier molecular flexibility index (Phi) is 5.50. The average molecular weight is 340 g/mol. The first-order chi connectivity index (χ1) is 10.8. The minimum absolute atomic E-state index is 0.156. The van der Waals surface area contributed by atoms with Crippen molar-refractivity contribution in [1.82, 2.24) is 9.97 Å². The van der Waals surface area contributed by atoms with Crippen molar-refractivity contribution in [2.24, 2.45) is 11.3 Å². The highest BCUT2D eigenvalue weighted by atomic mass is 35.5. The van der Waals surface area contributed by atoms with E-state index < -0.39 is 5.41 Å². The van der Waals surface area contributed by atoms with Gasteiger partial charge < -0.3 is 9.64 Å². The van der Waals surface area contributed by atoms with Gasteiger partial charge in [0.15, 0.2) is 0 Å². The number of carbonyl (C=O) groups excluding carboxylic acids is 1. The number of ether oxygens (including phenoxy) is 1. The predicted octanol–water partition coefficient (Wildman–Crippen LogP) is 3.42. The van der Waals surface area contributed by atoms with Crippen molar-refractivity contribution in [3.05, 3.63) is 16.5 Å². The number of nitrogens with zero attached hydrogens (tertiary/aromatic N) is 3. The van der Waals surface area contributed by atoms with Crippen LogP contribution in [0.2, 0.25) is 5.15 Å². The third-order valence-electron chi connectivity index (χ3n) is 4.85. The topological polar surface area (TPSA) is 55.3 Å². The van der Waals surface area contributed by atoms with E-state index in [4.69, 9.17) is 16.3 Å². The van der Waals surface area contributed by atoms with Gasteiger partial charge in [-0.3, -0.25) is 4.79 Å². The highest BCUT2D eigenvalue weighted by Gasteiger charge is 2.40. The zero-order chi connectivity index (χ0) is 17.2. The fraction of sp³-hybridized carbons (Fsp3) is 0.706. The summed E-state index contributed by atoms with van der Waals surface area (Å²) in [6, 6.07) is 0. The summed E-state index contributed by atoms with van der Waals surface area (Å²) in [6.07, 6.45) is 2.82. The second kappa shape index (κ2) is 7.04. The molecule has 0 aromatic carbocycles. The van der Waals surface area contributed by atoms with Crippen molar-refractivity contribution in [2.75, 3.05) is 25.1 Å². The van der Waals surface area contributed by atoms with Crippen molar-refractivity contribution < 1.29 is 9.53 Å². The predicted molar refractivity (Wildman–Crippen MR) is 91.9 cm³/mol. The molecule has 1 atom stereocenters. The Bertz CT molecular complexity index is 589. The van der Waals surface area contributed by atoms with E-state index in [-0.39, 0.29) is 11.9 Å². The summed E-state index contributed by atoms with van der Waals surface area (Å²) in [4.78, 5) is 23.3. The fourth-order valence-corrected chi connectivity index (χ4v) is 3.64. The van der Waals surface area contributed by atoms with Gasteiger partial charge in [0, 0.05) is 18.7 Å². The fourth-order valence-electron chi connectivity index (χ4n) is 3.30. The summed E-state index contributed by atoms with van der Waals surface area (Å²) in [6.45, 7) is 9.55. The minimum atomic E-state index is -0.508. The zero-order valence-electron chi connectivity index (χ0n) is 14.6. The van der Waals surface area contributed by atoms with E-state index in [1.807, 2.05) is 20.8 Å². The van der Waals surface area contributed by atoms with Crippen LogP contribution in [0.1, 0.15) is 45.0 Å². The molecule has 0 bridgehead atoms. The first-order valence-corrected chi connectivity index (χ1v) is 8.55. The molecule has 1 fully saturated rings. The number of anilines is 1. The molecule has 128 valence electrons. The van der Waals surface area contributed by atoms with Crippen LogP contribution in [0.3, 0.4) is 0 Å². The molecule has 0 N–H and O–H groups in total. The van der Waals surface area contributed by atoms with E-state index in [1.54, 1.807) is 0 Å². The van der Waals surface area contributed by atoms with Crippen LogP contribution in [0.4, 0.5) is 5.82 Å². The summed E-state index contributed by atoms with van der Waals surface area (Å²) in [5.74, 6) is 1.66. The molecule has 0 spiro atoms. The van der Waals surface area contributed by atoms with Gasteiger partial charge in [-0.05, 0) is 46.0 Å². The molecule has 23 heavy (non-hydrogen) atoms. The monoisotopic (exact) mass is 339 g/mol. The van der Waals surface area contributed by atoms with E-state index in [1.165, 1.54) is 7.11 Å². The summed E-state index contributed by atoms with van der Waals surface area (Å²) in [5.41, 5.74) is 0.472. The molecule has 0 amide bonds. The Balaban J connectivity index is 2.30. The van der Waals surface area contributed by atoms with Gasteiger partial charge >= 0.3 is 5.97 Å². The van der Waals surface area contributed by atoms with Crippen LogP contribution in [0.25, 0.3) is 0 Å². The molecule has 1 saturated heterocycles. The van der Waals surface area contributed by atoms with Crippen molar-refractivity contribution in [2.45, 2.75) is 47.0 Å². The van der Waals surface area contributed by atoms with Crippen molar-refractivity contribution in [3.63, 3.8) is 0 Å². The third kappa shape index (κ3) is 3.60. The molecule has 0 radical (unpaired) electrons. The maximum absolute atomic E-state index is 12.1. The molecule has 2 rings (SSSR count). The molecule has 2 heterocycles. The molecular formula is C17H26ClN3O2. The average Bonchev–Trinajstić information content (AvgIpc) is 2.53. The Labute approximate surface area is 143 Å². The smallest absolute Gasteiger partial charge is 0.311 e. The lowest BCUT2D eigenvalue weighted by molar-refractivity contribution is -0.154. The van der Waals surface area contributed by atoms with Crippen molar-refractivity contribution in [3.8, 4) is 0 Å². The third-order valence-corrected chi connectivity index (χ3v) is 5.17. The molecule has 1 aliphatic rings. The van der Waals surface area contributed by atoms with Gasteiger partial charge in [0.05, 0.1) is 12.5 Å². The number of piperidine rings is 1. The van der Waals surface area contributed by atoms with Crippen molar-refractivity contribution >= 4 is 23.4 Å². The van der Waals surface area contributed by atoms with Crippen molar-refractivity contribution in [1.29, 1.82) is 0 Å².